The Morgan fingerprint density at radius 1 is 1.22 bits per heavy atom. The maximum Gasteiger partial charge on any atom is 0.323 e. The van der Waals surface area contributed by atoms with Crippen LogP contribution in [0.1, 0.15) is 31.9 Å². The van der Waals surface area contributed by atoms with Crippen LogP contribution in [0.25, 0.3) is 0 Å². The summed E-state index contributed by atoms with van der Waals surface area (Å²) in [5.41, 5.74) is 0.508. The van der Waals surface area contributed by atoms with Gasteiger partial charge >= 0.3 is 5.97 Å². The van der Waals surface area contributed by atoms with E-state index in [4.69, 9.17) is 4.74 Å². The Bertz CT molecular complexity index is 588. The quantitative estimate of drug-likeness (QED) is 0.799. The monoisotopic (exact) mass is 324 g/mol. The number of hydrogen-bond acceptors (Lipinski definition) is 4. The van der Waals surface area contributed by atoms with E-state index in [1.165, 1.54) is 12.1 Å². The van der Waals surface area contributed by atoms with Gasteiger partial charge in [0.15, 0.2) is 0 Å². The van der Waals surface area contributed by atoms with Crippen molar-refractivity contribution in [2.24, 2.45) is 0 Å². The van der Waals surface area contributed by atoms with Crippen molar-refractivity contribution in [1.82, 2.24) is 9.80 Å². The van der Waals surface area contributed by atoms with Crippen molar-refractivity contribution in [3.63, 3.8) is 0 Å². The van der Waals surface area contributed by atoms with Crippen molar-refractivity contribution < 1.29 is 18.3 Å². The molecule has 1 aromatic rings. The van der Waals surface area contributed by atoms with E-state index in [0.717, 1.165) is 38.7 Å². The van der Waals surface area contributed by atoms with Gasteiger partial charge < -0.3 is 4.74 Å². The molecule has 0 aliphatic carbocycles. The fourth-order valence-corrected chi connectivity index (χ4v) is 3.51. The molecular formula is C17H22F2N2O2. The molecule has 0 unspecified atom stereocenters. The summed E-state index contributed by atoms with van der Waals surface area (Å²) >= 11 is 0. The zero-order valence-corrected chi connectivity index (χ0v) is 13.5. The van der Waals surface area contributed by atoms with Crippen molar-refractivity contribution in [2.75, 3.05) is 26.2 Å². The zero-order valence-electron chi connectivity index (χ0n) is 13.5. The molecule has 2 fully saturated rings. The molecule has 6 heteroatoms. The number of nitrogens with zero attached hydrogens (tertiary/aromatic N) is 2. The molecule has 2 aliphatic rings. The van der Waals surface area contributed by atoms with Crippen LogP contribution < -0.4 is 0 Å². The third-order valence-electron chi connectivity index (χ3n) is 4.89. The lowest BCUT2D eigenvalue weighted by Gasteiger charge is -2.39. The van der Waals surface area contributed by atoms with Crippen LogP contribution in [0.3, 0.4) is 0 Å². The first kappa shape index (κ1) is 16.3. The summed E-state index contributed by atoms with van der Waals surface area (Å²) in [5, 5.41) is 0. The molecule has 0 radical (unpaired) electrons. The average Bonchev–Trinajstić information content (AvgIpc) is 2.85. The van der Waals surface area contributed by atoms with E-state index in [0.29, 0.717) is 5.56 Å². The van der Waals surface area contributed by atoms with Crippen LogP contribution in [0.5, 0.6) is 0 Å². The Balaban J connectivity index is 1.61. The van der Waals surface area contributed by atoms with Gasteiger partial charge in [0.2, 0.25) is 0 Å². The van der Waals surface area contributed by atoms with Gasteiger partial charge in [-0.3, -0.25) is 14.6 Å². The molecular weight excluding hydrogens is 302 g/mol. The first-order chi connectivity index (χ1) is 11.0. The number of carbonyl (C=O) groups excluding carboxylic acids is 1. The molecule has 0 spiro atoms. The Kier molecular flexibility index (Phi) is 4.64. The summed E-state index contributed by atoms with van der Waals surface area (Å²) in [5.74, 6) is -1.20. The predicted octanol–water partition coefficient (Wildman–Crippen LogP) is 2.35. The van der Waals surface area contributed by atoms with Gasteiger partial charge in [-0.1, -0.05) is 6.07 Å². The number of piperazine rings is 1. The molecule has 3 atom stereocenters. The van der Waals surface area contributed by atoms with E-state index in [1.807, 2.05) is 13.8 Å². The largest absolute Gasteiger partial charge is 0.461 e. The summed E-state index contributed by atoms with van der Waals surface area (Å²) in [6.45, 7) is 6.83. The number of halogens is 2. The van der Waals surface area contributed by atoms with Crippen LogP contribution in [0, 0.1) is 11.6 Å². The molecule has 0 N–H and O–H groups in total. The SMILES string of the molecule is C[C@@H]1C[C@H](N2CCN([C@H](C)c3ccc(F)cc3F)CC2)C(=O)O1. The summed E-state index contributed by atoms with van der Waals surface area (Å²) < 4.78 is 32.2. The van der Waals surface area contributed by atoms with Crippen LogP contribution in [0.2, 0.25) is 0 Å². The van der Waals surface area contributed by atoms with Crippen LogP contribution in [0.4, 0.5) is 8.78 Å². The molecule has 0 amide bonds. The Hall–Kier alpha value is -1.53. The summed E-state index contributed by atoms with van der Waals surface area (Å²) in [4.78, 5) is 16.1. The third-order valence-corrected chi connectivity index (χ3v) is 4.89. The minimum absolute atomic E-state index is 0.0160. The van der Waals surface area contributed by atoms with Gasteiger partial charge in [-0.05, 0) is 19.9 Å². The number of cyclic esters (lactones) is 1. The van der Waals surface area contributed by atoms with E-state index in [-0.39, 0.29) is 24.2 Å². The first-order valence-corrected chi connectivity index (χ1v) is 8.09. The Labute approximate surface area is 135 Å². The van der Waals surface area contributed by atoms with Crippen molar-refractivity contribution >= 4 is 5.97 Å². The Morgan fingerprint density at radius 3 is 2.48 bits per heavy atom. The van der Waals surface area contributed by atoms with Crippen LogP contribution >= 0.6 is 0 Å². The second-order valence-electron chi connectivity index (χ2n) is 6.41. The molecule has 2 heterocycles. The maximum atomic E-state index is 13.9. The van der Waals surface area contributed by atoms with Crippen molar-refractivity contribution in [1.29, 1.82) is 0 Å². The highest BCUT2D eigenvalue weighted by Gasteiger charge is 2.38. The van der Waals surface area contributed by atoms with Gasteiger partial charge in [-0.2, -0.15) is 0 Å². The molecule has 1 aromatic carbocycles. The van der Waals surface area contributed by atoms with E-state index in [9.17, 15) is 13.6 Å². The highest BCUT2D eigenvalue weighted by atomic mass is 19.1. The topological polar surface area (TPSA) is 32.8 Å². The highest BCUT2D eigenvalue weighted by molar-refractivity contribution is 5.78. The number of benzene rings is 1. The fraction of sp³-hybridized carbons (Fsp3) is 0.588. The molecule has 0 bridgehead atoms. The van der Waals surface area contributed by atoms with Crippen LogP contribution in [0.15, 0.2) is 18.2 Å². The molecule has 2 saturated heterocycles. The van der Waals surface area contributed by atoms with Gasteiger partial charge in [0, 0.05) is 50.3 Å². The van der Waals surface area contributed by atoms with Crippen molar-refractivity contribution in [2.45, 2.75) is 38.5 Å². The Morgan fingerprint density at radius 2 is 1.91 bits per heavy atom. The van der Waals surface area contributed by atoms with Crippen molar-refractivity contribution in [3.8, 4) is 0 Å². The number of hydrogen-bond donors (Lipinski definition) is 0. The number of rotatable bonds is 3. The van der Waals surface area contributed by atoms with Crippen LogP contribution in [-0.4, -0.2) is 54.1 Å². The van der Waals surface area contributed by atoms with Gasteiger partial charge in [-0.15, -0.1) is 0 Å². The van der Waals surface area contributed by atoms with Crippen molar-refractivity contribution in [3.05, 3.63) is 35.4 Å². The smallest absolute Gasteiger partial charge is 0.323 e. The lowest BCUT2D eigenvalue weighted by atomic mass is 10.0. The third kappa shape index (κ3) is 3.38. The second-order valence-corrected chi connectivity index (χ2v) is 6.41. The fourth-order valence-electron chi connectivity index (χ4n) is 3.51. The number of ether oxygens (including phenoxy) is 1. The van der Waals surface area contributed by atoms with Gasteiger partial charge in [0.05, 0.1) is 0 Å². The minimum Gasteiger partial charge on any atom is -0.461 e. The van der Waals surface area contributed by atoms with Gasteiger partial charge in [0.1, 0.15) is 23.8 Å². The lowest BCUT2D eigenvalue weighted by Crippen LogP contribution is -2.52. The molecule has 0 aromatic heterocycles. The van der Waals surface area contributed by atoms with E-state index >= 15 is 0 Å². The van der Waals surface area contributed by atoms with E-state index in [1.54, 1.807) is 0 Å². The predicted molar refractivity (Wildman–Crippen MR) is 81.9 cm³/mol. The summed E-state index contributed by atoms with van der Waals surface area (Å²) in [7, 11) is 0. The second kappa shape index (κ2) is 6.53. The van der Waals surface area contributed by atoms with E-state index < -0.39 is 11.6 Å². The maximum absolute atomic E-state index is 13.9. The summed E-state index contributed by atoms with van der Waals surface area (Å²) in [6, 6.07) is 3.47. The average molecular weight is 324 g/mol. The van der Waals surface area contributed by atoms with Crippen LogP contribution in [-0.2, 0) is 9.53 Å². The molecule has 3 rings (SSSR count). The molecule has 126 valence electrons. The summed E-state index contributed by atoms with van der Waals surface area (Å²) in [6.07, 6.45) is 0.721. The number of esters is 1. The highest BCUT2D eigenvalue weighted by Crippen LogP contribution is 2.27. The lowest BCUT2D eigenvalue weighted by molar-refractivity contribution is -0.145. The standard InChI is InChI=1S/C17H22F2N2O2/c1-11-9-16(17(22)23-11)21-7-5-20(6-8-21)12(2)14-4-3-13(18)10-15(14)19/h3-4,10-12,16H,5-9H2,1-2H3/t11-,12-,16+/m1/s1. The minimum atomic E-state index is -0.558. The normalized spacial score (nSPS) is 27.9. The molecule has 2 aliphatic heterocycles. The first-order valence-electron chi connectivity index (χ1n) is 8.09. The molecule has 0 saturated carbocycles. The molecule has 4 nitrogen and oxygen atoms in total. The zero-order chi connectivity index (χ0) is 16.6. The molecule has 23 heavy (non-hydrogen) atoms. The van der Waals surface area contributed by atoms with Gasteiger partial charge in [-0.25, -0.2) is 8.78 Å². The van der Waals surface area contributed by atoms with Gasteiger partial charge in [0.25, 0.3) is 0 Å². The van der Waals surface area contributed by atoms with E-state index in [2.05, 4.69) is 9.80 Å². The number of carbonyl (C=O) groups is 1.